The summed E-state index contributed by atoms with van der Waals surface area (Å²) in [5, 5.41) is 2.90. The second kappa shape index (κ2) is 9.75. The van der Waals surface area contributed by atoms with Gasteiger partial charge < -0.3 is 9.84 Å². The Morgan fingerprint density at radius 1 is 1.08 bits per heavy atom. The van der Waals surface area contributed by atoms with Crippen LogP contribution in [0.5, 0.6) is 0 Å². The first-order valence-corrected chi connectivity index (χ1v) is 10.3. The molecule has 2 rings (SSSR count). The van der Waals surface area contributed by atoms with Gasteiger partial charge >= 0.3 is 0 Å². The van der Waals surface area contributed by atoms with Crippen LogP contribution in [0.3, 0.4) is 0 Å². The molecule has 0 aliphatic heterocycles. The smallest absolute Gasteiger partial charge is 0.279 e. The number of halogens is 2. The molecule has 2 aromatic carbocycles. The van der Waals surface area contributed by atoms with Crippen LogP contribution in [0.2, 0.25) is 0 Å². The number of carbonyl (C=O) groups is 1. The van der Waals surface area contributed by atoms with E-state index in [1.54, 1.807) is 43.3 Å². The van der Waals surface area contributed by atoms with Gasteiger partial charge in [-0.1, -0.05) is 71.7 Å². The van der Waals surface area contributed by atoms with Gasteiger partial charge in [-0.3, -0.25) is 9.36 Å². The van der Waals surface area contributed by atoms with Crippen LogP contribution >= 0.6 is 30.6 Å². The van der Waals surface area contributed by atoms with Crippen LogP contribution in [0.15, 0.2) is 76.7 Å². The van der Waals surface area contributed by atoms with Gasteiger partial charge in [0.1, 0.15) is 9.93 Å². The fourth-order valence-electron chi connectivity index (χ4n) is 2.20. The van der Waals surface area contributed by atoms with Crippen molar-refractivity contribution in [1.29, 1.82) is 0 Å². The maximum Gasteiger partial charge on any atom is 0.279 e. The number of nitrogens with one attached hydrogen (secondary N) is 1. The van der Waals surface area contributed by atoms with Crippen molar-refractivity contribution in [3.05, 3.63) is 82.2 Å². The third-order valence-electron chi connectivity index (χ3n) is 3.35. The lowest BCUT2D eigenvalue weighted by molar-refractivity contribution is -0.115. The minimum absolute atomic E-state index is 0.142. The molecule has 0 bridgehead atoms. The number of amides is 1. The highest BCUT2D eigenvalue weighted by atomic mass is 35.5. The van der Waals surface area contributed by atoms with Gasteiger partial charge in [0.15, 0.2) is 0 Å². The van der Waals surface area contributed by atoms with Crippen molar-refractivity contribution in [3.63, 3.8) is 0 Å². The Morgan fingerprint density at radius 3 is 2.19 bits per heavy atom. The van der Waals surface area contributed by atoms with E-state index in [0.29, 0.717) is 5.30 Å². The van der Waals surface area contributed by atoms with Crippen molar-refractivity contribution in [3.8, 4) is 0 Å². The van der Waals surface area contributed by atoms with E-state index in [0.717, 1.165) is 5.56 Å². The van der Waals surface area contributed by atoms with E-state index >= 15 is 0 Å². The first-order valence-electron chi connectivity index (χ1n) is 7.87. The summed E-state index contributed by atoms with van der Waals surface area (Å²) in [5.74, 6) is -0.515. The van der Waals surface area contributed by atoms with Crippen molar-refractivity contribution in [1.82, 2.24) is 5.32 Å². The average molecular weight is 410 g/mol. The van der Waals surface area contributed by atoms with E-state index in [1.807, 2.05) is 30.3 Å². The van der Waals surface area contributed by atoms with Crippen LogP contribution in [0.1, 0.15) is 12.5 Å². The number of carbonyl (C=O) groups excluding carboxylic acids is 1. The fraction of sp³-hybridized carbons (Fsp3) is 0.105. The molecule has 7 heteroatoms. The van der Waals surface area contributed by atoms with Gasteiger partial charge in [0.05, 0.1) is 6.61 Å². The molecule has 0 saturated heterocycles. The van der Waals surface area contributed by atoms with Gasteiger partial charge in [-0.15, -0.1) is 0 Å². The number of hydrogen-bond acceptors (Lipinski definition) is 3. The average Bonchev–Trinajstić information content (AvgIpc) is 2.66. The van der Waals surface area contributed by atoms with Crippen LogP contribution in [0, 0.1) is 0 Å². The van der Waals surface area contributed by atoms with Gasteiger partial charge in [0, 0.05) is 11.4 Å². The summed E-state index contributed by atoms with van der Waals surface area (Å²) in [7, 11) is -3.64. The number of rotatable bonds is 7. The molecule has 0 aliphatic carbocycles. The van der Waals surface area contributed by atoms with Crippen molar-refractivity contribution < 1.29 is 13.9 Å². The van der Waals surface area contributed by atoms with Crippen molar-refractivity contribution in [2.45, 2.75) is 6.92 Å². The molecule has 0 fully saturated rings. The molecule has 1 atom stereocenters. The molecule has 136 valence electrons. The standard InChI is InChI=1S/C19H18Cl2NO3P/c1-2-25-26(24,16-11-7-4-8-12-16)19(18(20)21)22-17(23)14-13-15-9-5-3-6-10-15/h3-14H,2H2,1H3,(H,22,23)/b14-13+/t26-/m1/s1. The monoisotopic (exact) mass is 409 g/mol. The van der Waals surface area contributed by atoms with E-state index in [2.05, 4.69) is 5.32 Å². The Balaban J connectivity index is 2.30. The van der Waals surface area contributed by atoms with Gasteiger partial charge in [-0.25, -0.2) is 0 Å². The van der Waals surface area contributed by atoms with Gasteiger partial charge in [-0.05, 0) is 30.7 Å². The zero-order valence-corrected chi connectivity index (χ0v) is 16.5. The quantitative estimate of drug-likeness (QED) is 0.513. The molecule has 0 radical (unpaired) electrons. The lowest BCUT2D eigenvalue weighted by Crippen LogP contribution is -2.25. The van der Waals surface area contributed by atoms with E-state index < -0.39 is 13.3 Å². The highest BCUT2D eigenvalue weighted by Gasteiger charge is 2.34. The van der Waals surface area contributed by atoms with Gasteiger partial charge in [0.25, 0.3) is 7.37 Å². The summed E-state index contributed by atoms with van der Waals surface area (Å²) >= 11 is 11.9. The summed E-state index contributed by atoms with van der Waals surface area (Å²) < 4.78 is 18.7. The number of hydrogen-bond donors (Lipinski definition) is 1. The summed E-state index contributed by atoms with van der Waals surface area (Å²) in [6.45, 7) is 1.86. The zero-order chi connectivity index (χ0) is 19.0. The SMILES string of the molecule is CCO[P@@](=O)(C(NC(=O)/C=C/c1ccccc1)=C(Cl)Cl)c1ccccc1. The van der Waals surface area contributed by atoms with Crippen LogP contribution < -0.4 is 10.6 Å². The molecule has 2 aromatic rings. The van der Waals surface area contributed by atoms with Crippen LogP contribution in [0.25, 0.3) is 6.08 Å². The summed E-state index contributed by atoms with van der Waals surface area (Å²) in [6.07, 6.45) is 2.94. The molecule has 0 saturated carbocycles. The van der Waals surface area contributed by atoms with E-state index in [1.165, 1.54) is 6.08 Å². The molecule has 1 N–H and O–H groups in total. The minimum Gasteiger partial charge on any atom is -0.321 e. The molecule has 0 spiro atoms. The third kappa shape index (κ3) is 5.33. The molecule has 0 heterocycles. The largest absolute Gasteiger partial charge is 0.321 e. The van der Waals surface area contributed by atoms with E-state index in [9.17, 15) is 9.36 Å². The summed E-state index contributed by atoms with van der Waals surface area (Å²) in [5.41, 5.74) is 0.706. The number of benzene rings is 2. The topological polar surface area (TPSA) is 55.4 Å². The Bertz CT molecular complexity index is 848. The highest BCUT2D eigenvalue weighted by molar-refractivity contribution is 7.71. The zero-order valence-electron chi connectivity index (χ0n) is 14.1. The Morgan fingerprint density at radius 2 is 1.65 bits per heavy atom. The van der Waals surface area contributed by atoms with Crippen LogP contribution in [0.4, 0.5) is 0 Å². The summed E-state index contributed by atoms with van der Waals surface area (Å²) in [4.78, 5) is 12.3. The first kappa shape index (κ1) is 20.5. The molecule has 4 nitrogen and oxygen atoms in total. The lowest BCUT2D eigenvalue weighted by atomic mass is 10.2. The second-order valence-electron chi connectivity index (χ2n) is 5.15. The first-order chi connectivity index (χ1) is 12.5. The van der Waals surface area contributed by atoms with Gasteiger partial charge in [0.2, 0.25) is 5.91 Å². The van der Waals surface area contributed by atoms with Crippen molar-refractivity contribution in [2.75, 3.05) is 6.61 Å². The summed E-state index contributed by atoms with van der Waals surface area (Å²) in [6, 6.07) is 17.8. The lowest BCUT2D eigenvalue weighted by Gasteiger charge is -2.21. The molecule has 0 aromatic heterocycles. The fourth-order valence-corrected chi connectivity index (χ4v) is 4.91. The van der Waals surface area contributed by atoms with E-state index in [4.69, 9.17) is 27.7 Å². The Kier molecular flexibility index (Phi) is 7.67. The molecular weight excluding hydrogens is 392 g/mol. The predicted octanol–water partition coefficient (Wildman–Crippen LogP) is 5.06. The highest BCUT2D eigenvalue weighted by Crippen LogP contribution is 2.54. The molecular formula is C19H18Cl2NO3P. The molecule has 1 amide bonds. The van der Waals surface area contributed by atoms with Crippen LogP contribution in [-0.2, 0) is 13.9 Å². The second-order valence-corrected chi connectivity index (χ2v) is 8.42. The van der Waals surface area contributed by atoms with Crippen molar-refractivity contribution >= 4 is 47.9 Å². The minimum atomic E-state index is -3.64. The predicted molar refractivity (Wildman–Crippen MR) is 108 cm³/mol. The third-order valence-corrected chi connectivity index (χ3v) is 6.51. The van der Waals surface area contributed by atoms with Crippen LogP contribution in [-0.4, -0.2) is 12.5 Å². The Hall–Kier alpha value is -1.84. The van der Waals surface area contributed by atoms with Crippen molar-refractivity contribution in [2.24, 2.45) is 0 Å². The molecule has 26 heavy (non-hydrogen) atoms. The van der Waals surface area contributed by atoms with E-state index in [-0.39, 0.29) is 16.5 Å². The normalized spacial score (nSPS) is 13.2. The Labute approximate surface area is 162 Å². The molecule has 0 unspecified atom stereocenters. The maximum absolute atomic E-state index is 13.5. The molecule has 0 aliphatic rings. The maximum atomic E-state index is 13.5. The van der Waals surface area contributed by atoms with Gasteiger partial charge in [-0.2, -0.15) is 0 Å².